The molecule has 0 aliphatic heterocycles. The van der Waals surface area contributed by atoms with Gasteiger partial charge in [0.1, 0.15) is 0 Å². The van der Waals surface area contributed by atoms with Gasteiger partial charge in [0.25, 0.3) is 17.7 Å². The van der Waals surface area contributed by atoms with E-state index in [0.29, 0.717) is 75.2 Å². The Labute approximate surface area is 490 Å². The molecule has 6 aromatic rings. The van der Waals surface area contributed by atoms with E-state index in [1.165, 1.54) is 54.8 Å². The lowest BCUT2D eigenvalue weighted by molar-refractivity contribution is -0.134. The van der Waals surface area contributed by atoms with Gasteiger partial charge in [-0.25, -0.2) is 0 Å². The second kappa shape index (κ2) is 30.5. The first kappa shape index (κ1) is 63.6. The molecule has 0 radical (unpaired) electrons. The highest BCUT2D eigenvalue weighted by Gasteiger charge is 2.43. The zero-order chi connectivity index (χ0) is 59.3. The Kier molecular flexibility index (Phi) is 23.7. The van der Waals surface area contributed by atoms with Crippen molar-refractivity contribution in [3.8, 4) is 0 Å². The zero-order valence-electron chi connectivity index (χ0n) is 46.4. The molecule has 6 amide bonds. The van der Waals surface area contributed by atoms with E-state index in [1.54, 1.807) is 36.4 Å². The van der Waals surface area contributed by atoms with E-state index in [0.717, 1.165) is 33.4 Å². The first-order valence-corrected chi connectivity index (χ1v) is 30.0. The highest BCUT2D eigenvalue weighted by molar-refractivity contribution is 7.08. The molecule has 0 aliphatic rings. The van der Waals surface area contributed by atoms with Crippen LogP contribution in [0.4, 0.5) is 17.1 Å². The van der Waals surface area contributed by atoms with Gasteiger partial charge >= 0.3 is 0 Å². The Balaban J connectivity index is 1.28. The van der Waals surface area contributed by atoms with Gasteiger partial charge in [0.15, 0.2) is 34.0 Å². The molecule has 0 spiro atoms. The molecule has 3 heterocycles. The van der Waals surface area contributed by atoms with Gasteiger partial charge in [-0.05, 0) is 178 Å². The van der Waals surface area contributed by atoms with Crippen molar-refractivity contribution in [3.05, 3.63) is 157 Å². The van der Waals surface area contributed by atoms with E-state index in [2.05, 4.69) is 31.9 Å². The maximum atomic E-state index is 14.1. The number of anilines is 3. The summed E-state index contributed by atoms with van der Waals surface area (Å²) in [4.78, 5) is 118. The second-order valence-electron chi connectivity index (χ2n) is 20.6. The van der Waals surface area contributed by atoms with Gasteiger partial charge in [-0.2, -0.15) is 34.0 Å². The molecule has 434 valence electrons. The Bertz CT molecular complexity index is 2790. The van der Waals surface area contributed by atoms with Gasteiger partial charge < -0.3 is 49.1 Å². The van der Waals surface area contributed by atoms with Crippen molar-refractivity contribution in [1.29, 1.82) is 0 Å². The number of nitrogens with one attached hydrogen (secondary N) is 6. The molecule has 0 saturated heterocycles. The topological polar surface area (TPSA) is 304 Å². The molecule has 18 nitrogen and oxygen atoms in total. The number of rotatable bonds is 33. The summed E-state index contributed by atoms with van der Waals surface area (Å²) in [6.45, 7) is 5.34. The number of unbranched alkanes of at least 4 members (excludes halogenated alkanes) is 3. The monoisotopic (exact) mass is 1170 g/mol. The normalized spacial score (nSPS) is 13.4. The summed E-state index contributed by atoms with van der Waals surface area (Å²) in [7, 11) is 0. The lowest BCUT2D eigenvalue weighted by Gasteiger charge is -2.28. The molecule has 3 aromatic carbocycles. The second-order valence-corrected chi connectivity index (χ2v) is 22.9. The van der Waals surface area contributed by atoms with Crippen molar-refractivity contribution in [2.24, 2.45) is 17.2 Å². The Morgan fingerprint density at radius 2 is 0.646 bits per heavy atom. The summed E-state index contributed by atoms with van der Waals surface area (Å²) in [6, 6.07) is 26.6. The van der Waals surface area contributed by atoms with E-state index in [9.17, 15) is 43.2 Å². The van der Waals surface area contributed by atoms with Crippen LogP contribution in [0.15, 0.2) is 123 Å². The van der Waals surface area contributed by atoms with Crippen LogP contribution in [-0.4, -0.2) is 89.0 Å². The first-order chi connectivity index (χ1) is 39.2. The summed E-state index contributed by atoms with van der Waals surface area (Å²) in [6.07, 6.45) is 2.75. The summed E-state index contributed by atoms with van der Waals surface area (Å²) >= 11 is 4.30. The van der Waals surface area contributed by atoms with Crippen molar-refractivity contribution in [1.82, 2.24) is 16.0 Å². The van der Waals surface area contributed by atoms with Crippen LogP contribution in [0, 0.1) is 0 Å². The van der Waals surface area contributed by atoms with Crippen LogP contribution in [0.1, 0.15) is 118 Å². The average Bonchev–Trinajstić information content (AvgIpc) is 4.39. The number of hydrogen-bond donors (Lipinski definition) is 9. The predicted octanol–water partition coefficient (Wildman–Crippen LogP) is 7.31. The molecule has 3 atom stereocenters. The van der Waals surface area contributed by atoms with Gasteiger partial charge in [0, 0.05) is 82.6 Å². The lowest BCUT2D eigenvalue weighted by atomic mass is 9.84. The molecule has 12 N–H and O–H groups in total. The van der Waals surface area contributed by atoms with Crippen molar-refractivity contribution in [2.75, 3.05) is 35.6 Å². The number of carbonyl (C=O) groups excluding carboxylic acids is 9. The Hall–Kier alpha value is -7.53. The van der Waals surface area contributed by atoms with Crippen LogP contribution < -0.4 is 49.1 Å². The van der Waals surface area contributed by atoms with Gasteiger partial charge in [0.05, 0.1) is 0 Å². The molecule has 0 unspecified atom stereocenters. The summed E-state index contributed by atoms with van der Waals surface area (Å²) in [5.41, 5.74) is 20.3. The van der Waals surface area contributed by atoms with Crippen LogP contribution in [0.3, 0.4) is 0 Å². The van der Waals surface area contributed by atoms with E-state index >= 15 is 0 Å². The third-order valence-corrected chi connectivity index (χ3v) is 16.4. The lowest BCUT2D eigenvalue weighted by Crippen LogP contribution is -2.58. The fourth-order valence-electron chi connectivity index (χ4n) is 9.31. The van der Waals surface area contributed by atoms with E-state index in [-0.39, 0.29) is 56.2 Å². The standard InChI is InChI=1S/C61H73N9O9S3/c1-40(71)65-28-7-4-25-59(62,52(74)34-43-22-31-80-37-43)56(77)68-49-16-10-46(11-17-49)55(47-12-18-50(19-13-47)69-57(78)60(63,26-5-8-29-66-41(2)72)53(75)35-44-23-32-81-38-44)48-14-20-51(21-15-48)70-58(79)61(64,27-6-9-30-67-42(3)73)54(76)36-45-24-33-82-39-45/h10-24,31-33,37-39,55H,4-9,25-30,34-36,62-64H2,1-3H3,(H,65,71)(H,66,72)(H,67,73)(H,68,77)(H,69,78)(H,70,79)/t59-,60-,61-/m1/s1. The van der Waals surface area contributed by atoms with Gasteiger partial charge in [-0.3, -0.25) is 43.2 Å². The van der Waals surface area contributed by atoms with E-state index < -0.39 is 57.6 Å². The van der Waals surface area contributed by atoms with Crippen LogP contribution in [0.25, 0.3) is 0 Å². The minimum Gasteiger partial charge on any atom is -0.356 e. The quantitative estimate of drug-likeness (QED) is 0.0111. The minimum atomic E-state index is -1.88. The number of hydrogen-bond acceptors (Lipinski definition) is 15. The molecule has 6 rings (SSSR count). The van der Waals surface area contributed by atoms with Crippen molar-refractivity contribution in [2.45, 2.75) is 120 Å². The molecule has 82 heavy (non-hydrogen) atoms. The van der Waals surface area contributed by atoms with Gasteiger partial charge in [-0.15, -0.1) is 0 Å². The van der Waals surface area contributed by atoms with Crippen LogP contribution >= 0.6 is 34.0 Å². The van der Waals surface area contributed by atoms with E-state index in [1.807, 2.05) is 86.9 Å². The molecule has 0 aliphatic carbocycles. The maximum absolute atomic E-state index is 14.1. The highest BCUT2D eigenvalue weighted by atomic mass is 32.1. The number of benzene rings is 3. The molecular weight excluding hydrogens is 1100 g/mol. The fourth-order valence-corrected chi connectivity index (χ4v) is 11.3. The van der Waals surface area contributed by atoms with Gasteiger partial charge in [0.2, 0.25) is 17.7 Å². The zero-order valence-corrected chi connectivity index (χ0v) is 48.9. The number of carbonyl (C=O) groups is 9. The van der Waals surface area contributed by atoms with E-state index in [4.69, 9.17) is 17.2 Å². The molecule has 21 heteroatoms. The predicted molar refractivity (Wildman–Crippen MR) is 324 cm³/mol. The maximum Gasteiger partial charge on any atom is 0.252 e. The smallest absolute Gasteiger partial charge is 0.252 e. The SMILES string of the molecule is CC(=O)NCCCC[C@@](N)(C(=O)Cc1ccsc1)C(=O)Nc1ccc(C(c2ccc(NC(=O)[C@@](N)(CCCCNC(C)=O)C(=O)Cc3ccsc3)cc2)c2ccc(NC(=O)[C@@](N)(CCCCNC(C)=O)C(=O)Cc3ccsc3)cc2)cc1. The number of nitrogens with two attached hydrogens (primary N) is 3. The van der Waals surface area contributed by atoms with Crippen LogP contribution in [-0.2, 0) is 62.4 Å². The number of Topliss-reactive ketones (excluding diaryl/α,β-unsaturated/α-hetero) is 3. The molecule has 3 aromatic heterocycles. The summed E-state index contributed by atoms with van der Waals surface area (Å²) in [5.74, 6) is -4.42. The molecule has 0 fully saturated rings. The summed E-state index contributed by atoms with van der Waals surface area (Å²) < 4.78 is 0. The molecular formula is C61H73N9O9S3. The summed E-state index contributed by atoms with van der Waals surface area (Å²) in [5, 5.41) is 27.9. The minimum absolute atomic E-state index is 0.0333. The average molecular weight is 1170 g/mol. The Morgan fingerprint density at radius 3 is 0.866 bits per heavy atom. The fraction of sp³-hybridized carbons (Fsp3) is 0.361. The van der Waals surface area contributed by atoms with Crippen molar-refractivity contribution < 1.29 is 43.2 Å². The van der Waals surface area contributed by atoms with Crippen LogP contribution in [0.5, 0.6) is 0 Å². The molecule has 0 bridgehead atoms. The first-order valence-electron chi connectivity index (χ1n) is 27.2. The Morgan fingerprint density at radius 1 is 0.390 bits per heavy atom. The number of ketones is 3. The molecule has 0 saturated carbocycles. The van der Waals surface area contributed by atoms with Crippen molar-refractivity contribution >= 4 is 104 Å². The number of amides is 6. The third-order valence-electron chi connectivity index (χ3n) is 14.2. The largest absolute Gasteiger partial charge is 0.356 e. The third kappa shape index (κ3) is 18.2. The number of thiophene rings is 3. The van der Waals surface area contributed by atoms with Gasteiger partial charge in [-0.1, -0.05) is 36.4 Å². The van der Waals surface area contributed by atoms with Crippen molar-refractivity contribution in [3.63, 3.8) is 0 Å². The van der Waals surface area contributed by atoms with Crippen LogP contribution in [0.2, 0.25) is 0 Å². The highest BCUT2D eigenvalue weighted by Crippen LogP contribution is 2.35.